The first kappa shape index (κ1) is 18.3. The van der Waals surface area contributed by atoms with Crippen LogP contribution in [-0.2, 0) is 16.6 Å². The van der Waals surface area contributed by atoms with E-state index in [-0.39, 0.29) is 23.2 Å². The molecule has 4 aromatic rings. The maximum Gasteiger partial charge on any atom is 0.286 e. The Morgan fingerprint density at radius 1 is 1.00 bits per heavy atom. The van der Waals surface area contributed by atoms with Gasteiger partial charge in [0.05, 0.1) is 17.7 Å². The molecule has 0 bridgehead atoms. The minimum absolute atomic E-state index is 0.0882. The first-order valence-corrected chi connectivity index (χ1v) is 10.2. The number of nitrogens with zero attached hydrogens (tertiary/aromatic N) is 3. The third kappa shape index (κ3) is 3.64. The highest BCUT2D eigenvalue weighted by Crippen LogP contribution is 2.24. The molecule has 142 valence electrons. The van der Waals surface area contributed by atoms with Gasteiger partial charge in [0.2, 0.25) is 5.95 Å². The molecule has 0 saturated carbocycles. The third-order valence-electron chi connectivity index (χ3n) is 3.95. The standard InChI is InChI=1S/C19H15ClN4O3S/c20-15-10-8-14(9-11-15)18-22-19(21-13-16-5-4-12-27-16)24(23-18)28(25,26)17-6-2-1-3-7-17/h1-12H,13H2,(H,21,22,23). The van der Waals surface area contributed by atoms with Crippen molar-refractivity contribution in [3.63, 3.8) is 0 Å². The number of benzene rings is 2. The molecule has 0 aliphatic carbocycles. The summed E-state index contributed by atoms with van der Waals surface area (Å²) in [7, 11) is -3.93. The van der Waals surface area contributed by atoms with Crippen molar-refractivity contribution >= 4 is 27.6 Å². The van der Waals surface area contributed by atoms with Gasteiger partial charge >= 0.3 is 0 Å². The molecule has 2 aromatic carbocycles. The summed E-state index contributed by atoms with van der Waals surface area (Å²) < 4.78 is 32.4. The zero-order valence-electron chi connectivity index (χ0n) is 14.5. The Morgan fingerprint density at radius 3 is 2.43 bits per heavy atom. The van der Waals surface area contributed by atoms with E-state index in [1.807, 2.05) is 0 Å². The van der Waals surface area contributed by atoms with Crippen LogP contribution in [0.3, 0.4) is 0 Å². The predicted molar refractivity (Wildman–Crippen MR) is 106 cm³/mol. The highest BCUT2D eigenvalue weighted by atomic mass is 35.5. The average molecular weight is 415 g/mol. The lowest BCUT2D eigenvalue weighted by molar-refractivity contribution is 0.517. The van der Waals surface area contributed by atoms with Gasteiger partial charge in [-0.05, 0) is 48.5 Å². The molecule has 28 heavy (non-hydrogen) atoms. The zero-order valence-corrected chi connectivity index (χ0v) is 16.1. The average Bonchev–Trinajstić information content (AvgIpc) is 3.38. The van der Waals surface area contributed by atoms with Crippen molar-refractivity contribution in [2.24, 2.45) is 0 Å². The van der Waals surface area contributed by atoms with E-state index in [9.17, 15) is 8.42 Å². The van der Waals surface area contributed by atoms with E-state index in [2.05, 4.69) is 15.4 Å². The first-order chi connectivity index (χ1) is 13.5. The van der Waals surface area contributed by atoms with E-state index in [0.29, 0.717) is 16.3 Å². The number of hydrogen-bond acceptors (Lipinski definition) is 6. The summed E-state index contributed by atoms with van der Waals surface area (Å²) in [6.45, 7) is 0.260. The number of hydrogen-bond donors (Lipinski definition) is 1. The van der Waals surface area contributed by atoms with Crippen molar-refractivity contribution in [3.8, 4) is 11.4 Å². The molecular weight excluding hydrogens is 400 g/mol. The largest absolute Gasteiger partial charge is 0.467 e. The predicted octanol–water partition coefficient (Wildman–Crippen LogP) is 4.04. The van der Waals surface area contributed by atoms with Gasteiger partial charge in [-0.1, -0.05) is 29.8 Å². The zero-order chi connectivity index (χ0) is 19.6. The van der Waals surface area contributed by atoms with Gasteiger partial charge in [-0.2, -0.15) is 13.4 Å². The van der Waals surface area contributed by atoms with Gasteiger partial charge in [0, 0.05) is 10.6 Å². The monoisotopic (exact) mass is 414 g/mol. The molecule has 0 spiro atoms. The Kier molecular flexibility index (Phi) is 4.89. The van der Waals surface area contributed by atoms with Crippen molar-refractivity contribution in [2.75, 3.05) is 5.32 Å². The van der Waals surface area contributed by atoms with Crippen LogP contribution in [-0.4, -0.2) is 22.6 Å². The molecular formula is C19H15ClN4O3S. The van der Waals surface area contributed by atoms with Crippen LogP contribution in [0.25, 0.3) is 11.4 Å². The van der Waals surface area contributed by atoms with E-state index in [0.717, 1.165) is 4.09 Å². The van der Waals surface area contributed by atoms with Crippen LogP contribution in [0.15, 0.2) is 82.3 Å². The number of nitrogens with one attached hydrogen (secondary N) is 1. The lowest BCUT2D eigenvalue weighted by atomic mass is 10.2. The number of halogens is 1. The van der Waals surface area contributed by atoms with Crippen LogP contribution in [0.4, 0.5) is 5.95 Å². The second-order valence-electron chi connectivity index (χ2n) is 5.86. The lowest BCUT2D eigenvalue weighted by Gasteiger charge is -2.08. The number of anilines is 1. The molecule has 0 amide bonds. The maximum atomic E-state index is 13.1. The first-order valence-electron chi connectivity index (χ1n) is 8.34. The summed E-state index contributed by atoms with van der Waals surface area (Å²) in [4.78, 5) is 4.49. The quantitative estimate of drug-likeness (QED) is 0.512. The summed E-state index contributed by atoms with van der Waals surface area (Å²) in [6.07, 6.45) is 1.54. The highest BCUT2D eigenvalue weighted by Gasteiger charge is 2.24. The molecule has 0 aliphatic rings. The Balaban J connectivity index is 1.77. The van der Waals surface area contributed by atoms with E-state index >= 15 is 0 Å². The fourth-order valence-electron chi connectivity index (χ4n) is 2.57. The Morgan fingerprint density at radius 2 is 1.75 bits per heavy atom. The van der Waals surface area contributed by atoms with Gasteiger partial charge < -0.3 is 9.73 Å². The molecule has 0 saturated heterocycles. The van der Waals surface area contributed by atoms with Gasteiger partial charge in [0.15, 0.2) is 5.82 Å². The summed E-state index contributed by atoms with van der Waals surface area (Å²) in [5, 5.41) is 7.79. The fraction of sp³-hybridized carbons (Fsp3) is 0.0526. The van der Waals surface area contributed by atoms with Crippen LogP contribution in [0.5, 0.6) is 0 Å². The SMILES string of the molecule is O=S(=O)(c1ccccc1)n1nc(-c2ccc(Cl)cc2)nc1NCc1ccco1. The van der Waals surface area contributed by atoms with Crippen LogP contribution < -0.4 is 5.32 Å². The van der Waals surface area contributed by atoms with E-state index in [1.54, 1.807) is 60.9 Å². The molecule has 2 heterocycles. The van der Waals surface area contributed by atoms with Crippen molar-refractivity contribution < 1.29 is 12.8 Å². The maximum absolute atomic E-state index is 13.1. The minimum atomic E-state index is -3.93. The molecule has 0 aliphatic heterocycles. The molecule has 7 nitrogen and oxygen atoms in total. The third-order valence-corrected chi connectivity index (χ3v) is 5.78. The summed E-state index contributed by atoms with van der Waals surface area (Å²) >= 11 is 5.93. The van der Waals surface area contributed by atoms with E-state index in [4.69, 9.17) is 16.0 Å². The molecule has 2 aromatic heterocycles. The van der Waals surface area contributed by atoms with Crippen LogP contribution >= 0.6 is 11.6 Å². The Hall–Kier alpha value is -3.10. The van der Waals surface area contributed by atoms with Crippen molar-refractivity contribution in [2.45, 2.75) is 11.4 Å². The number of furan rings is 1. The smallest absolute Gasteiger partial charge is 0.286 e. The second kappa shape index (κ2) is 7.49. The molecule has 1 N–H and O–H groups in total. The second-order valence-corrected chi connectivity index (χ2v) is 8.06. The lowest BCUT2D eigenvalue weighted by Crippen LogP contribution is -2.18. The van der Waals surface area contributed by atoms with Crippen molar-refractivity contribution in [1.29, 1.82) is 0 Å². The summed E-state index contributed by atoms with van der Waals surface area (Å²) in [5.41, 5.74) is 0.646. The topological polar surface area (TPSA) is 90.0 Å². The van der Waals surface area contributed by atoms with E-state index in [1.165, 1.54) is 12.1 Å². The highest BCUT2D eigenvalue weighted by molar-refractivity contribution is 7.90. The molecule has 4 rings (SSSR count). The minimum Gasteiger partial charge on any atom is -0.467 e. The van der Waals surface area contributed by atoms with Gasteiger partial charge in [-0.15, -0.1) is 9.19 Å². The summed E-state index contributed by atoms with van der Waals surface area (Å²) in [6, 6.07) is 18.4. The van der Waals surface area contributed by atoms with Gasteiger partial charge in [0.1, 0.15) is 5.76 Å². The number of rotatable bonds is 6. The Labute approximate surface area is 166 Å². The molecule has 0 atom stereocenters. The molecule has 0 unspecified atom stereocenters. The van der Waals surface area contributed by atoms with Crippen LogP contribution in [0.1, 0.15) is 5.76 Å². The summed E-state index contributed by atoms with van der Waals surface area (Å²) in [5.74, 6) is 0.989. The molecule has 0 radical (unpaired) electrons. The van der Waals surface area contributed by atoms with Gasteiger partial charge in [0.25, 0.3) is 10.0 Å². The Bertz CT molecular complexity index is 1170. The molecule has 0 fully saturated rings. The normalized spacial score (nSPS) is 11.5. The van der Waals surface area contributed by atoms with Crippen molar-refractivity contribution in [1.82, 2.24) is 14.2 Å². The number of aromatic nitrogens is 3. The molecule has 9 heteroatoms. The fourth-order valence-corrected chi connectivity index (χ4v) is 3.91. The van der Waals surface area contributed by atoms with E-state index < -0.39 is 10.0 Å². The van der Waals surface area contributed by atoms with Crippen LogP contribution in [0, 0.1) is 0 Å². The van der Waals surface area contributed by atoms with Crippen molar-refractivity contribution in [3.05, 3.63) is 83.8 Å². The van der Waals surface area contributed by atoms with Crippen LogP contribution in [0.2, 0.25) is 5.02 Å². The van der Waals surface area contributed by atoms with Gasteiger partial charge in [-0.3, -0.25) is 0 Å². The van der Waals surface area contributed by atoms with Gasteiger partial charge in [-0.25, -0.2) is 0 Å².